The molecule has 6 nitrogen and oxygen atoms in total. The van der Waals surface area contributed by atoms with E-state index in [2.05, 4.69) is 20.0 Å². The minimum absolute atomic E-state index is 0.0840. The number of hydrogen-bond donors (Lipinski definition) is 0. The van der Waals surface area contributed by atoms with Gasteiger partial charge in [0, 0.05) is 31.7 Å². The highest BCUT2D eigenvalue weighted by Gasteiger charge is 2.34. The molecule has 3 rings (SSSR count). The molecule has 0 spiro atoms. The first-order valence-corrected chi connectivity index (χ1v) is 7.17. The van der Waals surface area contributed by atoms with Crippen LogP contribution >= 0.6 is 0 Å². The van der Waals surface area contributed by atoms with Crippen LogP contribution in [0.5, 0.6) is 0 Å². The van der Waals surface area contributed by atoms with E-state index in [-0.39, 0.29) is 12.0 Å². The van der Waals surface area contributed by atoms with Gasteiger partial charge in [0.15, 0.2) is 5.82 Å². The molecular weight excluding hydrogens is 256 g/mol. The van der Waals surface area contributed by atoms with Gasteiger partial charge in [-0.3, -0.25) is 9.69 Å². The second-order valence-electron chi connectivity index (χ2n) is 5.48. The van der Waals surface area contributed by atoms with Gasteiger partial charge in [-0.2, -0.15) is 5.10 Å². The summed E-state index contributed by atoms with van der Waals surface area (Å²) in [6.45, 7) is 2.41. The Morgan fingerprint density at radius 1 is 1.50 bits per heavy atom. The van der Waals surface area contributed by atoms with Crippen molar-refractivity contribution >= 4 is 11.8 Å². The Labute approximate surface area is 118 Å². The molecule has 1 aromatic rings. The number of carbonyl (C=O) groups excluding carboxylic acids is 1. The number of nitrogens with zero attached hydrogens (tertiary/aromatic N) is 4. The molecule has 3 heterocycles. The molecule has 0 unspecified atom stereocenters. The molecule has 1 aromatic heterocycles. The van der Waals surface area contributed by atoms with Crippen LogP contribution in [-0.4, -0.2) is 59.9 Å². The predicted octanol–water partition coefficient (Wildman–Crippen LogP) is 0.693. The maximum atomic E-state index is 11.6. The van der Waals surface area contributed by atoms with E-state index in [0.717, 1.165) is 38.2 Å². The molecule has 6 heteroatoms. The zero-order valence-corrected chi connectivity index (χ0v) is 11.7. The molecule has 2 fully saturated rings. The quantitative estimate of drug-likeness (QED) is 0.754. The van der Waals surface area contributed by atoms with Crippen LogP contribution in [0.1, 0.15) is 19.3 Å². The van der Waals surface area contributed by atoms with Crippen molar-refractivity contribution in [2.45, 2.75) is 31.3 Å². The van der Waals surface area contributed by atoms with Crippen LogP contribution in [0.3, 0.4) is 0 Å². The zero-order valence-electron chi connectivity index (χ0n) is 11.7. The molecular formula is C14H20N4O2. The van der Waals surface area contributed by atoms with E-state index < -0.39 is 0 Å². The molecule has 0 saturated carbocycles. The van der Waals surface area contributed by atoms with Crippen molar-refractivity contribution < 1.29 is 9.53 Å². The van der Waals surface area contributed by atoms with Crippen LogP contribution in [0, 0.1) is 0 Å². The first-order chi connectivity index (χ1) is 9.75. The average Bonchev–Trinajstić information content (AvgIpc) is 3.08. The van der Waals surface area contributed by atoms with E-state index >= 15 is 0 Å². The highest BCUT2D eigenvalue weighted by Crippen LogP contribution is 2.24. The van der Waals surface area contributed by atoms with E-state index in [9.17, 15) is 4.79 Å². The molecule has 2 aliphatic rings. The Morgan fingerprint density at radius 3 is 3.10 bits per heavy atom. The summed E-state index contributed by atoms with van der Waals surface area (Å²) < 4.78 is 5.05. The van der Waals surface area contributed by atoms with Crippen molar-refractivity contribution in [2.75, 3.05) is 31.6 Å². The summed E-state index contributed by atoms with van der Waals surface area (Å²) in [5.41, 5.74) is 0. The van der Waals surface area contributed by atoms with Crippen molar-refractivity contribution in [3.8, 4) is 0 Å². The van der Waals surface area contributed by atoms with Crippen LogP contribution < -0.4 is 4.90 Å². The standard InChI is InChI=1S/C14H20N4O2/c1-17(12-6-9-20-14(12)19)10-11-4-3-8-18(11)13-5-2-7-15-16-13/h2,5,7,11-12H,3-4,6,8-10H2,1H3/t11-,12+/m1/s1. The Bertz CT molecular complexity index is 468. The van der Waals surface area contributed by atoms with E-state index in [1.807, 2.05) is 19.2 Å². The second-order valence-corrected chi connectivity index (χ2v) is 5.48. The van der Waals surface area contributed by atoms with Crippen LogP contribution in [0.15, 0.2) is 18.3 Å². The van der Waals surface area contributed by atoms with Gasteiger partial charge in [0.25, 0.3) is 0 Å². The summed E-state index contributed by atoms with van der Waals surface area (Å²) in [7, 11) is 2.00. The lowest BCUT2D eigenvalue weighted by Crippen LogP contribution is -2.44. The van der Waals surface area contributed by atoms with Crippen molar-refractivity contribution in [2.24, 2.45) is 0 Å². The number of likely N-dealkylation sites (N-methyl/N-ethyl adjacent to an activating group) is 1. The summed E-state index contributed by atoms with van der Waals surface area (Å²) >= 11 is 0. The largest absolute Gasteiger partial charge is 0.464 e. The lowest BCUT2D eigenvalue weighted by atomic mass is 10.1. The van der Waals surface area contributed by atoms with Crippen LogP contribution in [0.4, 0.5) is 5.82 Å². The highest BCUT2D eigenvalue weighted by atomic mass is 16.5. The molecule has 2 atom stereocenters. The van der Waals surface area contributed by atoms with Crippen LogP contribution in [0.25, 0.3) is 0 Å². The summed E-state index contributed by atoms with van der Waals surface area (Å²) in [4.78, 5) is 16.1. The van der Waals surface area contributed by atoms with E-state index in [4.69, 9.17) is 4.74 Å². The number of anilines is 1. The van der Waals surface area contributed by atoms with Gasteiger partial charge in [-0.1, -0.05) is 0 Å². The Kier molecular flexibility index (Phi) is 3.82. The van der Waals surface area contributed by atoms with Gasteiger partial charge in [-0.05, 0) is 32.0 Å². The number of cyclic esters (lactones) is 1. The van der Waals surface area contributed by atoms with Crippen molar-refractivity contribution in [1.82, 2.24) is 15.1 Å². The number of ether oxygens (including phenoxy) is 1. The number of esters is 1. The molecule has 0 aromatic carbocycles. The minimum atomic E-state index is -0.0865. The SMILES string of the molecule is CN(C[C@H]1CCCN1c1cccnn1)[C@H]1CCOC1=O. The van der Waals surface area contributed by atoms with Gasteiger partial charge in [0.1, 0.15) is 6.04 Å². The van der Waals surface area contributed by atoms with Gasteiger partial charge < -0.3 is 9.64 Å². The average molecular weight is 276 g/mol. The lowest BCUT2D eigenvalue weighted by molar-refractivity contribution is -0.142. The number of carbonyl (C=O) groups is 1. The first-order valence-electron chi connectivity index (χ1n) is 7.17. The lowest BCUT2D eigenvalue weighted by Gasteiger charge is -2.30. The monoisotopic (exact) mass is 276 g/mol. The molecule has 0 N–H and O–H groups in total. The van der Waals surface area contributed by atoms with Gasteiger partial charge >= 0.3 is 5.97 Å². The fourth-order valence-corrected chi connectivity index (χ4v) is 3.12. The summed E-state index contributed by atoms with van der Waals surface area (Å²) in [6, 6.07) is 4.22. The maximum Gasteiger partial charge on any atom is 0.323 e. The van der Waals surface area contributed by atoms with Crippen molar-refractivity contribution in [1.29, 1.82) is 0 Å². The van der Waals surface area contributed by atoms with Crippen LogP contribution in [0.2, 0.25) is 0 Å². The molecule has 20 heavy (non-hydrogen) atoms. The summed E-state index contributed by atoms with van der Waals surface area (Å²) in [6.07, 6.45) is 4.77. The van der Waals surface area contributed by atoms with Gasteiger partial charge in [-0.15, -0.1) is 5.10 Å². The first kappa shape index (κ1) is 13.3. The Balaban J connectivity index is 1.65. The van der Waals surface area contributed by atoms with Gasteiger partial charge in [-0.25, -0.2) is 0 Å². The van der Waals surface area contributed by atoms with Crippen LogP contribution in [-0.2, 0) is 9.53 Å². The third-order valence-electron chi connectivity index (χ3n) is 4.17. The minimum Gasteiger partial charge on any atom is -0.464 e. The normalized spacial score (nSPS) is 26.3. The van der Waals surface area contributed by atoms with E-state index in [0.29, 0.717) is 12.6 Å². The molecule has 0 radical (unpaired) electrons. The molecule has 0 bridgehead atoms. The fourth-order valence-electron chi connectivity index (χ4n) is 3.12. The zero-order chi connectivity index (χ0) is 13.9. The molecule has 2 saturated heterocycles. The smallest absolute Gasteiger partial charge is 0.323 e. The number of hydrogen-bond acceptors (Lipinski definition) is 6. The third-order valence-corrected chi connectivity index (χ3v) is 4.17. The maximum absolute atomic E-state index is 11.6. The molecule has 108 valence electrons. The van der Waals surface area contributed by atoms with Gasteiger partial charge in [0.05, 0.1) is 6.61 Å². The fraction of sp³-hybridized carbons (Fsp3) is 0.643. The number of aromatic nitrogens is 2. The molecule has 2 aliphatic heterocycles. The van der Waals surface area contributed by atoms with Crippen molar-refractivity contribution in [3.05, 3.63) is 18.3 Å². The molecule has 0 amide bonds. The Hall–Kier alpha value is -1.69. The highest BCUT2D eigenvalue weighted by molar-refractivity contribution is 5.77. The topological polar surface area (TPSA) is 58.6 Å². The van der Waals surface area contributed by atoms with E-state index in [1.165, 1.54) is 0 Å². The Morgan fingerprint density at radius 2 is 2.40 bits per heavy atom. The summed E-state index contributed by atoms with van der Waals surface area (Å²) in [5.74, 6) is 0.842. The summed E-state index contributed by atoms with van der Waals surface area (Å²) in [5, 5.41) is 8.15. The third kappa shape index (κ3) is 2.60. The predicted molar refractivity (Wildman–Crippen MR) is 74.4 cm³/mol. The second kappa shape index (κ2) is 5.75. The van der Waals surface area contributed by atoms with Gasteiger partial charge in [0.2, 0.25) is 0 Å². The number of rotatable bonds is 4. The van der Waals surface area contributed by atoms with E-state index in [1.54, 1.807) is 6.20 Å². The van der Waals surface area contributed by atoms with Crippen molar-refractivity contribution in [3.63, 3.8) is 0 Å². The molecule has 0 aliphatic carbocycles.